The van der Waals surface area contributed by atoms with Crippen LogP contribution in [-0.4, -0.2) is 38.4 Å². The van der Waals surface area contributed by atoms with Crippen molar-refractivity contribution in [3.63, 3.8) is 0 Å². The molecule has 5 nitrogen and oxygen atoms in total. The van der Waals surface area contributed by atoms with E-state index < -0.39 is 26.0 Å². The Hall–Kier alpha value is 0.0700. The monoisotopic (exact) mass is 170 g/mol. The van der Waals surface area contributed by atoms with Crippen LogP contribution in [0.4, 0.5) is 0 Å². The van der Waals surface area contributed by atoms with E-state index in [1.165, 1.54) is 6.92 Å². The van der Waals surface area contributed by atoms with Gasteiger partial charge in [-0.05, 0) is 6.92 Å². The van der Waals surface area contributed by atoms with Crippen LogP contribution in [0, 0.1) is 0 Å². The van der Waals surface area contributed by atoms with Crippen molar-refractivity contribution in [2.24, 2.45) is 0 Å². The van der Waals surface area contributed by atoms with Crippen LogP contribution < -0.4 is 0 Å². The highest BCUT2D eigenvalue weighted by Crippen LogP contribution is 2.35. The maximum absolute atomic E-state index is 10.2. The predicted octanol–water partition coefficient (Wildman–Crippen LogP) is -1.09. The molecule has 0 aliphatic rings. The van der Waals surface area contributed by atoms with Gasteiger partial charge in [0.2, 0.25) is 0 Å². The lowest BCUT2D eigenvalue weighted by atomic mass is 10.3. The van der Waals surface area contributed by atoms with Crippen molar-refractivity contribution < 1.29 is 24.6 Å². The zero-order valence-corrected chi connectivity index (χ0v) is 6.40. The van der Waals surface area contributed by atoms with Crippen molar-refractivity contribution in [1.29, 1.82) is 0 Å². The number of hydrogen-bond acceptors (Lipinski definition) is 3. The number of hydrogen-bond donors (Lipinski definition) is 4. The summed E-state index contributed by atoms with van der Waals surface area (Å²) in [7, 11) is -4.19. The smallest absolute Gasteiger partial charge is 0.328 e. The molecule has 0 aromatic rings. The van der Waals surface area contributed by atoms with Crippen molar-refractivity contribution in [1.82, 2.24) is 0 Å². The van der Waals surface area contributed by atoms with Gasteiger partial charge < -0.3 is 20.0 Å². The fourth-order valence-electron chi connectivity index (χ4n) is 0.396. The molecule has 0 rings (SSSR count). The molecule has 0 bridgehead atoms. The molecule has 2 atom stereocenters. The van der Waals surface area contributed by atoms with Gasteiger partial charge in [0.25, 0.3) is 0 Å². The van der Waals surface area contributed by atoms with Crippen LogP contribution in [0.5, 0.6) is 0 Å². The molecule has 2 unspecified atom stereocenters. The van der Waals surface area contributed by atoms with Gasteiger partial charge in [0, 0.05) is 0 Å². The van der Waals surface area contributed by atoms with Crippen LogP contribution in [0.2, 0.25) is 0 Å². The van der Waals surface area contributed by atoms with E-state index >= 15 is 0 Å². The average molecular weight is 170 g/mol. The second-order valence-electron chi connectivity index (χ2n) is 2.16. The Balaban J connectivity index is 3.80. The molecular formula is C4H11O5P. The molecule has 10 heavy (non-hydrogen) atoms. The summed E-state index contributed by atoms with van der Waals surface area (Å²) in [5.74, 6) is 0. The molecule has 0 radical (unpaired) electrons. The van der Waals surface area contributed by atoms with E-state index in [9.17, 15) is 4.57 Å². The molecule has 0 spiro atoms. The Kier molecular flexibility index (Phi) is 3.48. The fraction of sp³-hybridized carbons (Fsp3) is 1.00. The van der Waals surface area contributed by atoms with E-state index in [2.05, 4.69) is 0 Å². The minimum absolute atomic E-state index is 0.690. The number of aliphatic hydroxyl groups excluding tert-OH is 2. The Morgan fingerprint density at radius 3 is 1.90 bits per heavy atom. The van der Waals surface area contributed by atoms with Crippen LogP contribution in [-0.2, 0) is 4.57 Å². The molecule has 6 heteroatoms. The van der Waals surface area contributed by atoms with E-state index in [1.807, 2.05) is 0 Å². The maximum atomic E-state index is 10.2. The van der Waals surface area contributed by atoms with E-state index in [1.54, 1.807) is 0 Å². The quantitative estimate of drug-likeness (QED) is 0.403. The first-order valence-electron chi connectivity index (χ1n) is 2.73. The van der Waals surface area contributed by atoms with E-state index in [0.717, 1.165) is 0 Å². The minimum Gasteiger partial charge on any atom is -0.391 e. The van der Waals surface area contributed by atoms with Crippen molar-refractivity contribution in [3.8, 4) is 0 Å². The molecule has 0 saturated carbocycles. The van der Waals surface area contributed by atoms with Gasteiger partial charge in [-0.2, -0.15) is 0 Å². The summed E-state index contributed by atoms with van der Waals surface area (Å²) in [6.07, 6.45) is -3.14. The standard InChI is InChI=1S/C4H11O5P/c1-3(5)4(6)2-10(7,8)9/h3-6H,2H2,1H3,(H2,7,8,9). The van der Waals surface area contributed by atoms with Crippen molar-refractivity contribution in [2.45, 2.75) is 19.1 Å². The lowest BCUT2D eigenvalue weighted by molar-refractivity contribution is 0.0429. The van der Waals surface area contributed by atoms with Crippen molar-refractivity contribution in [2.75, 3.05) is 6.16 Å². The zero-order valence-electron chi connectivity index (χ0n) is 5.51. The van der Waals surface area contributed by atoms with Crippen LogP contribution in [0.3, 0.4) is 0 Å². The van der Waals surface area contributed by atoms with Gasteiger partial charge in [-0.25, -0.2) is 0 Å². The lowest BCUT2D eigenvalue weighted by Gasteiger charge is -2.13. The summed E-state index contributed by atoms with van der Waals surface area (Å²) in [5.41, 5.74) is 0. The third-order valence-corrected chi connectivity index (χ3v) is 1.83. The maximum Gasteiger partial charge on any atom is 0.328 e. The second kappa shape index (κ2) is 3.46. The van der Waals surface area contributed by atoms with Crippen LogP contribution in [0.15, 0.2) is 0 Å². The van der Waals surface area contributed by atoms with Crippen LogP contribution in [0.25, 0.3) is 0 Å². The van der Waals surface area contributed by atoms with E-state index in [-0.39, 0.29) is 0 Å². The molecule has 0 heterocycles. The molecule has 0 amide bonds. The molecular weight excluding hydrogens is 159 g/mol. The predicted molar refractivity (Wildman–Crippen MR) is 34.6 cm³/mol. The van der Waals surface area contributed by atoms with Crippen LogP contribution >= 0.6 is 7.60 Å². The highest BCUT2D eigenvalue weighted by Gasteiger charge is 2.22. The fourth-order valence-corrected chi connectivity index (χ4v) is 1.19. The zero-order chi connectivity index (χ0) is 8.36. The highest BCUT2D eigenvalue weighted by atomic mass is 31.2. The van der Waals surface area contributed by atoms with Crippen LogP contribution in [0.1, 0.15) is 6.92 Å². The molecule has 0 saturated heterocycles. The van der Waals surface area contributed by atoms with Gasteiger partial charge in [-0.1, -0.05) is 0 Å². The minimum atomic E-state index is -4.19. The van der Waals surface area contributed by atoms with Crippen molar-refractivity contribution in [3.05, 3.63) is 0 Å². The van der Waals surface area contributed by atoms with Gasteiger partial charge in [0.15, 0.2) is 0 Å². The lowest BCUT2D eigenvalue weighted by Crippen LogP contribution is -2.26. The first-order valence-corrected chi connectivity index (χ1v) is 4.53. The topological polar surface area (TPSA) is 98.0 Å². The third kappa shape index (κ3) is 4.90. The molecule has 0 aliphatic carbocycles. The third-order valence-electron chi connectivity index (χ3n) is 0.982. The molecule has 0 aromatic carbocycles. The highest BCUT2D eigenvalue weighted by molar-refractivity contribution is 7.51. The Morgan fingerprint density at radius 2 is 1.80 bits per heavy atom. The largest absolute Gasteiger partial charge is 0.391 e. The molecule has 0 aliphatic heterocycles. The summed E-state index contributed by atoms with van der Waals surface area (Å²) in [6.45, 7) is 1.26. The SMILES string of the molecule is CC(O)C(O)CP(=O)(O)O. The summed E-state index contributed by atoms with van der Waals surface area (Å²) in [5, 5.41) is 17.3. The van der Waals surface area contributed by atoms with Gasteiger partial charge in [-0.3, -0.25) is 4.57 Å². The Labute approximate surface area is 58.5 Å². The van der Waals surface area contributed by atoms with Gasteiger partial charge in [-0.15, -0.1) is 0 Å². The Bertz CT molecular complexity index is 139. The first-order chi connectivity index (χ1) is 4.33. The molecule has 0 fully saturated rings. The van der Waals surface area contributed by atoms with Gasteiger partial charge in [0.05, 0.1) is 18.4 Å². The van der Waals surface area contributed by atoms with Gasteiger partial charge in [0.1, 0.15) is 0 Å². The van der Waals surface area contributed by atoms with Crippen molar-refractivity contribution >= 4 is 7.60 Å². The Morgan fingerprint density at radius 1 is 1.40 bits per heavy atom. The number of aliphatic hydroxyl groups is 2. The normalized spacial score (nSPS) is 18.5. The molecule has 0 aromatic heterocycles. The summed E-state index contributed by atoms with van der Waals surface area (Å²) in [6, 6.07) is 0. The van der Waals surface area contributed by atoms with E-state index in [4.69, 9.17) is 20.0 Å². The first kappa shape index (κ1) is 10.1. The molecule has 62 valence electrons. The number of rotatable bonds is 3. The summed E-state index contributed by atoms with van der Waals surface area (Å²) >= 11 is 0. The summed E-state index contributed by atoms with van der Waals surface area (Å²) in [4.78, 5) is 16.6. The molecule has 4 N–H and O–H groups in total. The summed E-state index contributed by atoms with van der Waals surface area (Å²) < 4.78 is 10.2. The average Bonchev–Trinajstić information content (AvgIpc) is 1.60. The second-order valence-corrected chi connectivity index (χ2v) is 3.85. The van der Waals surface area contributed by atoms with E-state index in [0.29, 0.717) is 0 Å². The van der Waals surface area contributed by atoms with Gasteiger partial charge >= 0.3 is 7.60 Å².